The van der Waals surface area contributed by atoms with Gasteiger partial charge in [-0.3, -0.25) is 0 Å². The normalized spacial score (nSPS) is 10.3. The summed E-state index contributed by atoms with van der Waals surface area (Å²) in [5.74, 6) is 0. The molecule has 2 aromatic carbocycles. The molecule has 152 valence electrons. The third-order valence-electron chi connectivity index (χ3n) is 3.52. The molecule has 2 aromatic rings. The van der Waals surface area contributed by atoms with Crippen molar-refractivity contribution in [3.8, 4) is 0 Å². The highest BCUT2D eigenvalue weighted by Gasteiger charge is 2.29. The van der Waals surface area contributed by atoms with E-state index in [-0.39, 0.29) is 6.54 Å². The molecule has 4 N–H and O–H groups in total. The SMILES string of the molecule is CCNCC.CNCCc1ccccc1.NCc1ccc(C(F)(F)F)cc1. The van der Waals surface area contributed by atoms with Crippen LogP contribution in [0.15, 0.2) is 54.6 Å². The molecule has 0 aliphatic rings. The molecule has 0 aromatic heterocycles. The molecule has 0 aliphatic heterocycles. The number of halogens is 3. The van der Waals surface area contributed by atoms with Crippen LogP contribution >= 0.6 is 0 Å². The Balaban J connectivity index is 0.000000408. The summed E-state index contributed by atoms with van der Waals surface area (Å²) in [5, 5.41) is 6.23. The van der Waals surface area contributed by atoms with Gasteiger partial charge >= 0.3 is 6.18 Å². The predicted octanol–water partition coefficient (Wildman–Crippen LogP) is 4.23. The van der Waals surface area contributed by atoms with Crippen LogP contribution in [0.1, 0.15) is 30.5 Å². The molecule has 0 heterocycles. The maximum absolute atomic E-state index is 12.0. The summed E-state index contributed by atoms with van der Waals surface area (Å²) in [6, 6.07) is 15.3. The molecule has 2 rings (SSSR count). The summed E-state index contributed by atoms with van der Waals surface area (Å²) >= 11 is 0. The average Bonchev–Trinajstić information content (AvgIpc) is 2.68. The standard InChI is InChI=1S/C9H13N.C8H8F3N.C4H11N/c1-10-8-7-9-5-3-2-4-6-9;9-8(10,11)7-3-1-6(5-12)2-4-7;1-3-5-4-2/h2-6,10H,7-8H2,1H3;1-4H,5,12H2;5H,3-4H2,1-2H3. The zero-order valence-corrected chi connectivity index (χ0v) is 16.4. The van der Waals surface area contributed by atoms with Gasteiger partial charge in [0.1, 0.15) is 0 Å². The summed E-state index contributed by atoms with van der Waals surface area (Å²) in [4.78, 5) is 0. The lowest BCUT2D eigenvalue weighted by Gasteiger charge is -2.06. The minimum absolute atomic E-state index is 0.262. The Labute approximate surface area is 161 Å². The Morgan fingerprint density at radius 2 is 1.41 bits per heavy atom. The molecule has 0 amide bonds. The lowest BCUT2D eigenvalue weighted by Crippen LogP contribution is -2.09. The number of nitrogens with two attached hydrogens (primary N) is 1. The minimum Gasteiger partial charge on any atom is -0.326 e. The van der Waals surface area contributed by atoms with Crippen LogP contribution in [0.2, 0.25) is 0 Å². The Morgan fingerprint density at radius 3 is 1.78 bits per heavy atom. The first-order chi connectivity index (χ1) is 12.9. The smallest absolute Gasteiger partial charge is 0.326 e. The van der Waals surface area contributed by atoms with E-state index < -0.39 is 11.7 Å². The second-order valence-corrected chi connectivity index (χ2v) is 5.70. The van der Waals surface area contributed by atoms with E-state index in [0.29, 0.717) is 5.56 Å². The van der Waals surface area contributed by atoms with Crippen LogP contribution < -0.4 is 16.4 Å². The van der Waals surface area contributed by atoms with Crippen LogP contribution in [-0.2, 0) is 19.1 Å². The Bertz CT molecular complexity index is 567. The highest BCUT2D eigenvalue weighted by atomic mass is 19.4. The van der Waals surface area contributed by atoms with Crippen molar-refractivity contribution in [1.82, 2.24) is 10.6 Å². The Morgan fingerprint density at radius 1 is 0.852 bits per heavy atom. The van der Waals surface area contributed by atoms with E-state index >= 15 is 0 Å². The largest absolute Gasteiger partial charge is 0.416 e. The summed E-state index contributed by atoms with van der Waals surface area (Å²) in [7, 11) is 1.98. The lowest BCUT2D eigenvalue weighted by atomic mass is 10.1. The zero-order valence-electron chi connectivity index (χ0n) is 16.4. The average molecular weight is 384 g/mol. The lowest BCUT2D eigenvalue weighted by molar-refractivity contribution is -0.137. The van der Waals surface area contributed by atoms with Gasteiger partial charge in [-0.05, 0) is 56.4 Å². The van der Waals surface area contributed by atoms with E-state index in [0.717, 1.165) is 38.2 Å². The van der Waals surface area contributed by atoms with Crippen molar-refractivity contribution in [2.75, 3.05) is 26.7 Å². The van der Waals surface area contributed by atoms with Crippen LogP contribution in [0.25, 0.3) is 0 Å². The molecule has 6 heteroatoms. The molecule has 0 radical (unpaired) electrons. The Kier molecular flexibility index (Phi) is 14.1. The van der Waals surface area contributed by atoms with Crippen molar-refractivity contribution in [2.24, 2.45) is 5.73 Å². The van der Waals surface area contributed by atoms with Crippen LogP contribution in [0.4, 0.5) is 13.2 Å². The molecule has 0 spiro atoms. The van der Waals surface area contributed by atoms with Crippen molar-refractivity contribution in [1.29, 1.82) is 0 Å². The van der Waals surface area contributed by atoms with E-state index in [4.69, 9.17) is 5.73 Å². The van der Waals surface area contributed by atoms with Crippen LogP contribution in [0.5, 0.6) is 0 Å². The highest BCUT2D eigenvalue weighted by molar-refractivity contribution is 5.24. The minimum atomic E-state index is -4.26. The molecule has 0 unspecified atom stereocenters. The van der Waals surface area contributed by atoms with Gasteiger partial charge in [0.05, 0.1) is 5.56 Å². The van der Waals surface area contributed by atoms with Gasteiger partial charge in [0.25, 0.3) is 0 Å². The quantitative estimate of drug-likeness (QED) is 0.700. The molecule has 0 saturated carbocycles. The number of rotatable bonds is 6. The van der Waals surface area contributed by atoms with Gasteiger partial charge in [0.2, 0.25) is 0 Å². The molecule has 0 atom stereocenters. The first-order valence-electron chi connectivity index (χ1n) is 9.14. The monoisotopic (exact) mass is 383 g/mol. The van der Waals surface area contributed by atoms with Crippen LogP contribution in [-0.4, -0.2) is 26.7 Å². The number of hydrogen-bond donors (Lipinski definition) is 3. The molecular formula is C21H32F3N3. The fourth-order valence-corrected chi connectivity index (χ4v) is 1.99. The molecule has 3 nitrogen and oxygen atoms in total. The molecule has 0 saturated heterocycles. The molecule has 0 aliphatic carbocycles. The van der Waals surface area contributed by atoms with Crippen molar-refractivity contribution in [2.45, 2.75) is 33.0 Å². The topological polar surface area (TPSA) is 50.1 Å². The second-order valence-electron chi connectivity index (χ2n) is 5.70. The van der Waals surface area contributed by atoms with Gasteiger partial charge in [0.15, 0.2) is 0 Å². The van der Waals surface area contributed by atoms with E-state index in [1.54, 1.807) is 0 Å². The van der Waals surface area contributed by atoms with Crippen molar-refractivity contribution in [3.05, 3.63) is 71.3 Å². The maximum atomic E-state index is 12.0. The predicted molar refractivity (Wildman–Crippen MR) is 108 cm³/mol. The number of likely N-dealkylation sites (N-methyl/N-ethyl adjacent to an activating group) is 1. The molecule has 0 bridgehead atoms. The van der Waals surface area contributed by atoms with Gasteiger partial charge in [-0.15, -0.1) is 0 Å². The van der Waals surface area contributed by atoms with Crippen molar-refractivity contribution < 1.29 is 13.2 Å². The van der Waals surface area contributed by atoms with E-state index in [9.17, 15) is 13.2 Å². The molecule has 0 fully saturated rings. The van der Waals surface area contributed by atoms with Crippen molar-refractivity contribution in [3.63, 3.8) is 0 Å². The summed E-state index contributed by atoms with van der Waals surface area (Å²) < 4.78 is 36.0. The number of hydrogen-bond acceptors (Lipinski definition) is 3. The van der Waals surface area contributed by atoms with Gasteiger partial charge in [-0.2, -0.15) is 13.2 Å². The van der Waals surface area contributed by atoms with Crippen molar-refractivity contribution >= 4 is 0 Å². The fraction of sp³-hybridized carbons (Fsp3) is 0.429. The molecular weight excluding hydrogens is 351 g/mol. The molecule has 27 heavy (non-hydrogen) atoms. The van der Waals surface area contributed by atoms with Gasteiger partial charge in [-0.25, -0.2) is 0 Å². The summed E-state index contributed by atoms with van der Waals surface area (Å²) in [6.07, 6.45) is -3.13. The highest BCUT2D eigenvalue weighted by Crippen LogP contribution is 2.28. The first kappa shape index (κ1) is 25.1. The van der Waals surface area contributed by atoms with E-state index in [1.165, 1.54) is 17.7 Å². The van der Waals surface area contributed by atoms with Gasteiger partial charge < -0.3 is 16.4 Å². The fourth-order valence-electron chi connectivity index (χ4n) is 1.99. The third-order valence-corrected chi connectivity index (χ3v) is 3.52. The van der Waals surface area contributed by atoms with Gasteiger partial charge in [0, 0.05) is 6.54 Å². The Hall–Kier alpha value is -1.89. The zero-order chi connectivity index (χ0) is 20.5. The number of nitrogens with one attached hydrogen (secondary N) is 2. The van der Waals surface area contributed by atoms with Gasteiger partial charge in [-0.1, -0.05) is 56.3 Å². The third kappa shape index (κ3) is 13.0. The van der Waals surface area contributed by atoms with E-state index in [2.05, 4.69) is 48.7 Å². The van der Waals surface area contributed by atoms with Crippen LogP contribution in [0, 0.1) is 0 Å². The van der Waals surface area contributed by atoms with Crippen LogP contribution in [0.3, 0.4) is 0 Å². The van der Waals surface area contributed by atoms with E-state index in [1.807, 2.05) is 13.1 Å². The maximum Gasteiger partial charge on any atom is 0.416 e. The summed E-state index contributed by atoms with van der Waals surface area (Å²) in [5.41, 5.74) is 6.69. The number of alkyl halides is 3. The summed E-state index contributed by atoms with van der Waals surface area (Å²) in [6.45, 7) is 7.71. The number of benzene rings is 2. The second kappa shape index (κ2) is 15.2. The first-order valence-corrected chi connectivity index (χ1v) is 9.14.